The molecule has 0 radical (unpaired) electrons. The molecule has 1 atom stereocenters. The van der Waals surface area contributed by atoms with Crippen LogP contribution in [0.2, 0.25) is 0 Å². The first-order chi connectivity index (χ1) is 8.54. The molecule has 5 nitrogen and oxygen atoms in total. The Morgan fingerprint density at radius 2 is 2.06 bits per heavy atom. The van der Waals surface area contributed by atoms with Crippen molar-refractivity contribution in [2.24, 2.45) is 0 Å². The van der Waals surface area contributed by atoms with Gasteiger partial charge in [0.2, 0.25) is 0 Å². The first kappa shape index (κ1) is 12.9. The monoisotopic (exact) mass is 251 g/mol. The zero-order chi connectivity index (χ0) is 13.2. The zero-order valence-corrected chi connectivity index (χ0v) is 10.3. The van der Waals surface area contributed by atoms with E-state index in [2.05, 4.69) is 0 Å². The quantitative estimate of drug-likeness (QED) is 0.837. The van der Waals surface area contributed by atoms with Crippen LogP contribution in [0.5, 0.6) is 5.75 Å². The molecule has 1 aliphatic rings. The lowest BCUT2D eigenvalue weighted by Crippen LogP contribution is -2.53. The van der Waals surface area contributed by atoms with Crippen LogP contribution >= 0.6 is 0 Å². The summed E-state index contributed by atoms with van der Waals surface area (Å²) in [5.41, 5.74) is 0.200. The summed E-state index contributed by atoms with van der Waals surface area (Å²) in [6, 6.07) is 6.47. The number of aromatic hydroxyl groups is 1. The summed E-state index contributed by atoms with van der Waals surface area (Å²) >= 11 is 0. The van der Waals surface area contributed by atoms with Gasteiger partial charge in [0, 0.05) is 18.7 Å². The van der Waals surface area contributed by atoms with Gasteiger partial charge in [-0.15, -0.1) is 0 Å². The lowest BCUT2D eigenvalue weighted by Gasteiger charge is -2.40. The second-order valence-electron chi connectivity index (χ2n) is 4.71. The summed E-state index contributed by atoms with van der Waals surface area (Å²) in [5, 5.41) is 18.3. The number of hydrogen-bond donors (Lipinski definition) is 2. The second kappa shape index (κ2) is 4.96. The van der Waals surface area contributed by atoms with E-state index in [1.807, 2.05) is 6.92 Å². The van der Waals surface area contributed by atoms with Crippen molar-refractivity contribution in [3.05, 3.63) is 24.3 Å². The Hall–Kier alpha value is -1.59. The number of amides is 1. The van der Waals surface area contributed by atoms with E-state index >= 15 is 0 Å². The molecule has 2 N–H and O–H groups in total. The summed E-state index contributed by atoms with van der Waals surface area (Å²) in [6.45, 7) is 2.31. The molecule has 1 aromatic carbocycles. The van der Waals surface area contributed by atoms with Crippen molar-refractivity contribution in [2.75, 3.05) is 24.7 Å². The largest absolute Gasteiger partial charge is 0.508 e. The van der Waals surface area contributed by atoms with Gasteiger partial charge in [0.1, 0.15) is 12.4 Å². The topological polar surface area (TPSA) is 70.0 Å². The molecule has 0 spiro atoms. The highest BCUT2D eigenvalue weighted by Crippen LogP contribution is 2.27. The number of aliphatic hydroxyl groups is 1. The molecule has 1 fully saturated rings. The number of hydrogen-bond acceptors (Lipinski definition) is 4. The molecule has 18 heavy (non-hydrogen) atoms. The van der Waals surface area contributed by atoms with Crippen LogP contribution in [0.25, 0.3) is 0 Å². The van der Waals surface area contributed by atoms with Crippen LogP contribution in [0.15, 0.2) is 24.3 Å². The Labute approximate surface area is 106 Å². The number of benzene rings is 1. The van der Waals surface area contributed by atoms with Gasteiger partial charge in [0.15, 0.2) is 0 Å². The van der Waals surface area contributed by atoms with Crippen molar-refractivity contribution in [2.45, 2.75) is 18.9 Å². The molecular formula is C13H17NO4. The molecule has 0 bridgehead atoms. The molecule has 5 heteroatoms. The molecule has 0 aromatic heterocycles. The van der Waals surface area contributed by atoms with Crippen LogP contribution in [-0.2, 0) is 9.53 Å². The van der Waals surface area contributed by atoms with Crippen molar-refractivity contribution >= 4 is 11.6 Å². The minimum Gasteiger partial charge on any atom is -0.508 e. The summed E-state index contributed by atoms with van der Waals surface area (Å²) in [5.74, 6) is 0.0497. The van der Waals surface area contributed by atoms with Crippen LogP contribution in [-0.4, -0.2) is 41.5 Å². The highest BCUT2D eigenvalue weighted by molar-refractivity contribution is 5.95. The van der Waals surface area contributed by atoms with E-state index in [-0.39, 0.29) is 24.9 Å². The smallest absolute Gasteiger partial charge is 0.253 e. The SMILES string of the molecule is CC1(CCO)CN(c2ccc(O)cc2)C(=O)CO1. The molecule has 1 unspecified atom stereocenters. The number of phenolic OH excluding ortho intramolecular Hbond substituents is 1. The van der Waals surface area contributed by atoms with Crippen molar-refractivity contribution < 1.29 is 19.7 Å². The standard InChI is InChI=1S/C13H17NO4/c1-13(6-7-15)9-14(12(17)8-18-13)10-2-4-11(16)5-3-10/h2-5,15-16H,6-9H2,1H3. The maximum absolute atomic E-state index is 11.8. The van der Waals surface area contributed by atoms with E-state index in [1.165, 1.54) is 0 Å². The third-order valence-electron chi connectivity index (χ3n) is 3.14. The third-order valence-corrected chi connectivity index (χ3v) is 3.14. The maximum atomic E-state index is 11.8. The van der Waals surface area contributed by atoms with E-state index in [1.54, 1.807) is 29.2 Å². The van der Waals surface area contributed by atoms with Gasteiger partial charge in [-0.25, -0.2) is 0 Å². The first-order valence-electron chi connectivity index (χ1n) is 5.88. The van der Waals surface area contributed by atoms with Crippen molar-refractivity contribution in [3.63, 3.8) is 0 Å². The highest BCUT2D eigenvalue weighted by atomic mass is 16.5. The summed E-state index contributed by atoms with van der Waals surface area (Å²) in [6.07, 6.45) is 0.481. The number of aliphatic hydroxyl groups excluding tert-OH is 1. The lowest BCUT2D eigenvalue weighted by atomic mass is 9.99. The predicted molar refractivity (Wildman–Crippen MR) is 66.5 cm³/mol. The van der Waals surface area contributed by atoms with Crippen LogP contribution in [0.1, 0.15) is 13.3 Å². The second-order valence-corrected chi connectivity index (χ2v) is 4.71. The molecule has 1 aromatic rings. The number of carbonyl (C=O) groups excluding carboxylic acids is 1. The fourth-order valence-electron chi connectivity index (χ4n) is 2.04. The number of carbonyl (C=O) groups is 1. The van der Waals surface area contributed by atoms with Gasteiger partial charge in [-0.05, 0) is 31.2 Å². The van der Waals surface area contributed by atoms with Gasteiger partial charge in [0.25, 0.3) is 5.91 Å². The maximum Gasteiger partial charge on any atom is 0.253 e. The Morgan fingerprint density at radius 3 is 2.67 bits per heavy atom. The van der Waals surface area contributed by atoms with Gasteiger partial charge >= 0.3 is 0 Å². The van der Waals surface area contributed by atoms with Crippen LogP contribution in [0, 0.1) is 0 Å². The fourth-order valence-corrected chi connectivity index (χ4v) is 2.04. The van der Waals surface area contributed by atoms with Crippen LogP contribution < -0.4 is 4.90 Å². The molecule has 1 amide bonds. The Morgan fingerprint density at radius 1 is 1.39 bits per heavy atom. The number of rotatable bonds is 3. The molecule has 98 valence electrons. The molecule has 0 saturated carbocycles. The summed E-state index contributed by atoms with van der Waals surface area (Å²) in [4.78, 5) is 13.5. The zero-order valence-electron chi connectivity index (χ0n) is 10.3. The minimum absolute atomic E-state index is 0.0113. The third kappa shape index (κ3) is 2.63. The summed E-state index contributed by atoms with van der Waals surface area (Å²) < 4.78 is 5.49. The van der Waals surface area contributed by atoms with Crippen molar-refractivity contribution in [1.29, 1.82) is 0 Å². The van der Waals surface area contributed by atoms with E-state index in [0.717, 1.165) is 5.69 Å². The molecule has 0 aliphatic carbocycles. The predicted octanol–water partition coefficient (Wildman–Crippen LogP) is 0.896. The number of nitrogens with zero attached hydrogens (tertiary/aromatic N) is 1. The first-order valence-corrected chi connectivity index (χ1v) is 5.88. The van der Waals surface area contributed by atoms with Gasteiger partial charge in [0.05, 0.1) is 12.1 Å². The van der Waals surface area contributed by atoms with Gasteiger partial charge < -0.3 is 19.8 Å². The average Bonchev–Trinajstić information content (AvgIpc) is 2.34. The number of phenols is 1. The molecule has 1 saturated heterocycles. The van der Waals surface area contributed by atoms with Crippen LogP contribution in [0.3, 0.4) is 0 Å². The van der Waals surface area contributed by atoms with E-state index in [4.69, 9.17) is 9.84 Å². The fraction of sp³-hybridized carbons (Fsp3) is 0.462. The van der Waals surface area contributed by atoms with Gasteiger partial charge in [-0.2, -0.15) is 0 Å². The highest BCUT2D eigenvalue weighted by Gasteiger charge is 2.36. The Kier molecular flexibility index (Phi) is 3.54. The van der Waals surface area contributed by atoms with E-state index in [0.29, 0.717) is 13.0 Å². The lowest BCUT2D eigenvalue weighted by molar-refractivity contribution is -0.138. The van der Waals surface area contributed by atoms with E-state index < -0.39 is 5.60 Å². The summed E-state index contributed by atoms with van der Waals surface area (Å²) in [7, 11) is 0. The van der Waals surface area contributed by atoms with Crippen molar-refractivity contribution in [3.8, 4) is 5.75 Å². The molecule has 2 rings (SSSR count). The minimum atomic E-state index is -0.527. The average molecular weight is 251 g/mol. The number of anilines is 1. The van der Waals surface area contributed by atoms with Gasteiger partial charge in [-0.1, -0.05) is 0 Å². The molecular weight excluding hydrogens is 234 g/mol. The van der Waals surface area contributed by atoms with Gasteiger partial charge in [-0.3, -0.25) is 4.79 Å². The van der Waals surface area contributed by atoms with Crippen LogP contribution in [0.4, 0.5) is 5.69 Å². The Balaban J connectivity index is 2.20. The normalized spacial score (nSPS) is 24.3. The Bertz CT molecular complexity index is 431. The molecule has 1 aliphatic heterocycles. The number of morpholine rings is 1. The molecule has 1 heterocycles. The van der Waals surface area contributed by atoms with Crippen molar-refractivity contribution in [1.82, 2.24) is 0 Å². The van der Waals surface area contributed by atoms with E-state index in [9.17, 15) is 9.90 Å². The number of ether oxygens (including phenoxy) is 1.